The lowest BCUT2D eigenvalue weighted by Crippen LogP contribution is -2.53. The number of halogens is 1. The first kappa shape index (κ1) is 20.0. The second-order valence-corrected chi connectivity index (χ2v) is 9.09. The summed E-state index contributed by atoms with van der Waals surface area (Å²) in [5.41, 5.74) is 0.994. The van der Waals surface area contributed by atoms with E-state index in [1.807, 2.05) is 31.2 Å². The molecule has 1 saturated heterocycles. The van der Waals surface area contributed by atoms with Crippen molar-refractivity contribution in [2.24, 2.45) is 4.99 Å². The molecule has 0 aromatic heterocycles. The molecule has 1 aromatic carbocycles. The lowest BCUT2D eigenvalue weighted by molar-refractivity contribution is 0.0756. The number of benzene rings is 1. The Balaban J connectivity index is 2.08. The van der Waals surface area contributed by atoms with Crippen molar-refractivity contribution in [1.82, 2.24) is 10.6 Å². The number of ether oxygens (including phenoxy) is 1. The molecule has 0 spiro atoms. The van der Waals surface area contributed by atoms with E-state index in [-0.39, 0.29) is 0 Å². The van der Waals surface area contributed by atoms with Crippen molar-refractivity contribution in [3.63, 3.8) is 0 Å². The summed E-state index contributed by atoms with van der Waals surface area (Å²) in [4.78, 5) is 4.53. The van der Waals surface area contributed by atoms with Gasteiger partial charge in [-0.25, -0.2) is 13.4 Å². The van der Waals surface area contributed by atoms with Crippen LogP contribution in [-0.2, 0) is 21.1 Å². The van der Waals surface area contributed by atoms with Crippen LogP contribution in [0.5, 0.6) is 0 Å². The van der Waals surface area contributed by atoms with Gasteiger partial charge in [-0.3, -0.25) is 0 Å². The van der Waals surface area contributed by atoms with Crippen molar-refractivity contribution in [3.8, 4) is 0 Å². The van der Waals surface area contributed by atoms with E-state index >= 15 is 0 Å². The van der Waals surface area contributed by atoms with Crippen molar-refractivity contribution in [2.45, 2.75) is 31.1 Å². The first-order valence-electron chi connectivity index (χ1n) is 8.40. The Morgan fingerprint density at radius 2 is 2.04 bits per heavy atom. The fourth-order valence-electron chi connectivity index (χ4n) is 2.81. The molecule has 2 N–H and O–H groups in total. The maximum absolute atomic E-state index is 12.3. The molecule has 1 aliphatic rings. The monoisotopic (exact) mass is 387 g/mol. The lowest BCUT2D eigenvalue weighted by atomic mass is 9.99. The van der Waals surface area contributed by atoms with Crippen LogP contribution in [0.15, 0.2) is 29.3 Å². The van der Waals surface area contributed by atoms with Gasteiger partial charge in [-0.2, -0.15) is 0 Å². The van der Waals surface area contributed by atoms with Gasteiger partial charge >= 0.3 is 0 Å². The average Bonchev–Trinajstić information content (AvgIpc) is 2.57. The van der Waals surface area contributed by atoms with Crippen LogP contribution in [0.2, 0.25) is 5.02 Å². The van der Waals surface area contributed by atoms with Crippen LogP contribution in [0.4, 0.5) is 0 Å². The predicted molar refractivity (Wildman–Crippen MR) is 102 cm³/mol. The Hall–Kier alpha value is -1.31. The highest BCUT2D eigenvalue weighted by Crippen LogP contribution is 2.28. The molecule has 140 valence electrons. The number of nitrogens with zero attached hydrogens (tertiary/aromatic N) is 1. The zero-order valence-electron chi connectivity index (χ0n) is 14.7. The first-order chi connectivity index (χ1) is 11.9. The third-order valence-electron chi connectivity index (χ3n) is 4.42. The lowest BCUT2D eigenvalue weighted by Gasteiger charge is -2.35. The number of hydrogen-bond acceptors (Lipinski definition) is 4. The van der Waals surface area contributed by atoms with Gasteiger partial charge in [-0.05, 0) is 37.5 Å². The summed E-state index contributed by atoms with van der Waals surface area (Å²) in [6, 6.07) is 7.52. The molecule has 6 nitrogen and oxygen atoms in total. The molecule has 0 saturated carbocycles. The smallest absolute Gasteiger partial charge is 0.191 e. The molecule has 0 atom stereocenters. The van der Waals surface area contributed by atoms with E-state index in [9.17, 15) is 8.42 Å². The minimum Gasteiger partial charge on any atom is -0.381 e. The van der Waals surface area contributed by atoms with Crippen molar-refractivity contribution in [3.05, 3.63) is 34.9 Å². The zero-order valence-corrected chi connectivity index (χ0v) is 16.3. The van der Waals surface area contributed by atoms with Gasteiger partial charge < -0.3 is 15.4 Å². The average molecular weight is 388 g/mol. The summed E-state index contributed by atoms with van der Waals surface area (Å²) in [6.45, 7) is 4.37. The summed E-state index contributed by atoms with van der Waals surface area (Å²) in [6.07, 6.45) is 2.29. The van der Waals surface area contributed by atoms with Gasteiger partial charge in [-0.1, -0.05) is 23.7 Å². The van der Waals surface area contributed by atoms with E-state index in [0.717, 1.165) is 5.56 Å². The van der Waals surface area contributed by atoms with E-state index < -0.39 is 14.6 Å². The highest BCUT2D eigenvalue weighted by atomic mass is 35.5. The number of guanidine groups is 1. The van der Waals surface area contributed by atoms with Crippen molar-refractivity contribution < 1.29 is 13.2 Å². The summed E-state index contributed by atoms with van der Waals surface area (Å²) in [5, 5.41) is 7.02. The Labute approximate surface area is 154 Å². The van der Waals surface area contributed by atoms with Gasteiger partial charge in [0.25, 0.3) is 0 Å². The molecule has 1 heterocycles. The molecule has 8 heteroatoms. The predicted octanol–water partition coefficient (Wildman–Crippen LogP) is 1.99. The van der Waals surface area contributed by atoms with Crippen LogP contribution in [0.25, 0.3) is 0 Å². The van der Waals surface area contributed by atoms with Gasteiger partial charge in [0, 0.05) is 37.6 Å². The fourth-order valence-corrected chi connectivity index (χ4v) is 4.27. The molecule has 0 radical (unpaired) electrons. The topological polar surface area (TPSA) is 79.8 Å². The minimum atomic E-state index is -3.21. The molecule has 0 aliphatic carbocycles. The van der Waals surface area contributed by atoms with E-state index in [2.05, 4.69) is 15.6 Å². The summed E-state index contributed by atoms with van der Waals surface area (Å²) < 4.78 is 29.2. The molecule has 1 fully saturated rings. The number of sulfone groups is 1. The van der Waals surface area contributed by atoms with Crippen molar-refractivity contribution in [1.29, 1.82) is 0 Å². The molecule has 25 heavy (non-hydrogen) atoms. The second-order valence-electron chi connectivity index (χ2n) is 6.25. The van der Waals surface area contributed by atoms with E-state index in [4.69, 9.17) is 16.3 Å². The molecular weight excluding hydrogens is 362 g/mol. The molecule has 2 rings (SSSR count). The molecule has 0 unspecified atom stereocenters. The Morgan fingerprint density at radius 3 is 2.64 bits per heavy atom. The SMILES string of the molecule is CCNC(=NCc1cccc(Cl)c1)NCC1(S(C)(=O)=O)CCOCC1. The van der Waals surface area contributed by atoms with Gasteiger partial charge in [-0.15, -0.1) is 0 Å². The Morgan fingerprint density at radius 1 is 1.32 bits per heavy atom. The van der Waals surface area contributed by atoms with Crippen LogP contribution in [0.1, 0.15) is 25.3 Å². The first-order valence-corrected chi connectivity index (χ1v) is 10.7. The second kappa shape index (κ2) is 8.87. The number of rotatable bonds is 6. The van der Waals surface area contributed by atoms with Gasteiger partial charge in [0.15, 0.2) is 15.8 Å². The van der Waals surface area contributed by atoms with Crippen LogP contribution in [0, 0.1) is 0 Å². The van der Waals surface area contributed by atoms with Gasteiger partial charge in [0.1, 0.15) is 0 Å². The Bertz CT molecular complexity index is 701. The normalized spacial score (nSPS) is 18.0. The third kappa shape index (κ3) is 5.59. The van der Waals surface area contributed by atoms with Crippen molar-refractivity contribution >= 4 is 27.4 Å². The highest BCUT2D eigenvalue weighted by Gasteiger charge is 2.42. The Kier molecular flexibility index (Phi) is 7.10. The quantitative estimate of drug-likeness (QED) is 0.576. The van der Waals surface area contributed by atoms with Gasteiger partial charge in [0.05, 0.1) is 11.3 Å². The molecule has 1 aromatic rings. The summed E-state index contributed by atoms with van der Waals surface area (Å²) >= 11 is 5.99. The number of aliphatic imine (C=N–C) groups is 1. The maximum Gasteiger partial charge on any atom is 0.191 e. The molecular formula is C17H26ClN3O3S. The standard InChI is InChI=1S/C17H26ClN3O3S/c1-3-19-16(20-12-14-5-4-6-15(18)11-14)21-13-17(25(2,22)23)7-9-24-10-8-17/h4-6,11H,3,7-10,12-13H2,1-2H3,(H2,19,20,21). The summed E-state index contributed by atoms with van der Waals surface area (Å²) in [7, 11) is -3.21. The van der Waals surface area contributed by atoms with Crippen molar-refractivity contribution in [2.75, 3.05) is 32.6 Å². The van der Waals surface area contributed by atoms with Crippen LogP contribution < -0.4 is 10.6 Å². The van der Waals surface area contributed by atoms with Crippen LogP contribution in [-0.4, -0.2) is 51.7 Å². The van der Waals surface area contributed by atoms with Crippen LogP contribution >= 0.6 is 11.6 Å². The van der Waals surface area contributed by atoms with E-state index in [0.29, 0.717) is 56.7 Å². The third-order valence-corrected chi connectivity index (χ3v) is 6.78. The largest absolute Gasteiger partial charge is 0.381 e. The molecule has 1 aliphatic heterocycles. The number of hydrogen-bond donors (Lipinski definition) is 2. The zero-order chi connectivity index (χ0) is 18.3. The van der Waals surface area contributed by atoms with Gasteiger partial charge in [0.2, 0.25) is 0 Å². The molecule has 0 amide bonds. The van der Waals surface area contributed by atoms with E-state index in [1.54, 1.807) is 0 Å². The van der Waals surface area contributed by atoms with Crippen LogP contribution in [0.3, 0.4) is 0 Å². The maximum atomic E-state index is 12.3. The highest BCUT2D eigenvalue weighted by molar-refractivity contribution is 7.92. The minimum absolute atomic E-state index is 0.316. The number of nitrogens with one attached hydrogen (secondary N) is 2. The molecule has 0 bridgehead atoms. The summed E-state index contributed by atoms with van der Waals surface area (Å²) in [5.74, 6) is 0.594. The van der Waals surface area contributed by atoms with E-state index in [1.165, 1.54) is 6.26 Å². The fraction of sp³-hybridized carbons (Fsp3) is 0.588.